The smallest absolute Gasteiger partial charge is 0.223 e. The molecule has 0 spiro atoms. The van der Waals surface area contributed by atoms with Crippen LogP contribution in [0.1, 0.15) is 5.56 Å². The Bertz CT molecular complexity index is 993. The summed E-state index contributed by atoms with van der Waals surface area (Å²) in [5.74, 6) is 1.98. The van der Waals surface area contributed by atoms with Crippen molar-refractivity contribution >= 4 is 17.0 Å². The van der Waals surface area contributed by atoms with E-state index in [0.717, 1.165) is 69.7 Å². The van der Waals surface area contributed by atoms with E-state index >= 15 is 0 Å². The lowest BCUT2D eigenvalue weighted by molar-refractivity contribution is 0.0901. The fourth-order valence-electron chi connectivity index (χ4n) is 4.37. The van der Waals surface area contributed by atoms with Gasteiger partial charge in [0.1, 0.15) is 5.75 Å². The Morgan fingerprint density at radius 1 is 0.933 bits per heavy atom. The number of hydrazine groups is 1. The largest absolute Gasteiger partial charge is 0.497 e. The fourth-order valence-corrected chi connectivity index (χ4v) is 4.37. The lowest BCUT2D eigenvalue weighted by Crippen LogP contribution is -2.58. The van der Waals surface area contributed by atoms with Gasteiger partial charge < -0.3 is 9.64 Å². The van der Waals surface area contributed by atoms with Gasteiger partial charge in [0.2, 0.25) is 5.95 Å². The van der Waals surface area contributed by atoms with E-state index in [-0.39, 0.29) is 0 Å². The molecule has 158 valence electrons. The molecule has 1 saturated heterocycles. The third kappa shape index (κ3) is 3.76. The molecule has 3 heterocycles. The molecular formula is C23H30N6O. The van der Waals surface area contributed by atoms with E-state index in [9.17, 15) is 0 Å². The summed E-state index contributed by atoms with van der Waals surface area (Å²) >= 11 is 0. The minimum Gasteiger partial charge on any atom is -0.497 e. The van der Waals surface area contributed by atoms with Gasteiger partial charge in [-0.3, -0.25) is 14.5 Å². The quantitative estimate of drug-likeness (QED) is 0.648. The van der Waals surface area contributed by atoms with Gasteiger partial charge in [0, 0.05) is 32.7 Å². The van der Waals surface area contributed by atoms with Crippen molar-refractivity contribution in [2.24, 2.45) is 0 Å². The standard InChI is InChI=1S/C23H30N6O/c1-25-13-15-27(16-14-25)29-18-26(12-11-19-7-9-20(30-2)10-8-19)17-28-22-6-4-3-5-21(22)24-23(28)29/h3-10H,11-18H2,1-2H3. The van der Waals surface area contributed by atoms with Crippen LogP contribution >= 0.6 is 0 Å². The number of rotatable bonds is 5. The Morgan fingerprint density at radius 3 is 2.47 bits per heavy atom. The molecule has 30 heavy (non-hydrogen) atoms. The van der Waals surface area contributed by atoms with Gasteiger partial charge in [0.15, 0.2) is 0 Å². The highest BCUT2D eigenvalue weighted by molar-refractivity contribution is 5.78. The van der Waals surface area contributed by atoms with E-state index in [0.29, 0.717) is 0 Å². The monoisotopic (exact) mass is 406 g/mol. The lowest BCUT2D eigenvalue weighted by Gasteiger charge is -2.45. The predicted octanol–water partition coefficient (Wildman–Crippen LogP) is 2.49. The molecule has 0 bridgehead atoms. The number of aromatic nitrogens is 2. The first-order chi connectivity index (χ1) is 14.7. The van der Waals surface area contributed by atoms with Crippen LogP contribution < -0.4 is 9.75 Å². The molecule has 0 N–H and O–H groups in total. The number of nitrogens with zero attached hydrogens (tertiary/aromatic N) is 6. The molecule has 1 fully saturated rings. The number of benzene rings is 2. The van der Waals surface area contributed by atoms with Crippen molar-refractivity contribution in [2.45, 2.75) is 13.1 Å². The highest BCUT2D eigenvalue weighted by Gasteiger charge is 2.31. The average Bonchev–Trinajstić information content (AvgIpc) is 3.17. The minimum atomic E-state index is 0.871. The van der Waals surface area contributed by atoms with Gasteiger partial charge in [0.05, 0.1) is 31.5 Å². The van der Waals surface area contributed by atoms with E-state index in [4.69, 9.17) is 9.72 Å². The fraction of sp³-hybridized carbons (Fsp3) is 0.435. The summed E-state index contributed by atoms with van der Waals surface area (Å²) in [6.45, 7) is 6.99. The number of hydrogen-bond acceptors (Lipinski definition) is 6. The van der Waals surface area contributed by atoms with Crippen molar-refractivity contribution in [1.29, 1.82) is 0 Å². The van der Waals surface area contributed by atoms with Gasteiger partial charge in [-0.1, -0.05) is 24.3 Å². The van der Waals surface area contributed by atoms with Gasteiger partial charge in [0.25, 0.3) is 0 Å². The molecule has 0 amide bonds. The molecule has 0 atom stereocenters. The van der Waals surface area contributed by atoms with Gasteiger partial charge in [-0.25, -0.2) is 9.99 Å². The van der Waals surface area contributed by atoms with Gasteiger partial charge in [-0.15, -0.1) is 0 Å². The molecule has 0 radical (unpaired) electrons. The summed E-state index contributed by atoms with van der Waals surface area (Å²) < 4.78 is 7.65. The lowest BCUT2D eigenvalue weighted by atomic mass is 10.1. The van der Waals surface area contributed by atoms with Crippen LogP contribution in [-0.4, -0.2) is 77.9 Å². The molecule has 2 aliphatic rings. The van der Waals surface area contributed by atoms with Crippen LogP contribution in [0.5, 0.6) is 5.75 Å². The maximum Gasteiger partial charge on any atom is 0.223 e. The highest BCUT2D eigenvalue weighted by Crippen LogP contribution is 2.28. The maximum absolute atomic E-state index is 5.29. The van der Waals surface area contributed by atoms with Crippen LogP contribution in [0.2, 0.25) is 0 Å². The molecule has 0 aliphatic carbocycles. The van der Waals surface area contributed by atoms with Crippen molar-refractivity contribution in [1.82, 2.24) is 24.4 Å². The molecule has 3 aromatic rings. The zero-order chi connectivity index (χ0) is 20.5. The predicted molar refractivity (Wildman–Crippen MR) is 120 cm³/mol. The molecule has 7 heteroatoms. The van der Waals surface area contributed by atoms with Crippen molar-refractivity contribution in [3.8, 4) is 5.75 Å². The molecule has 2 aliphatic heterocycles. The molecule has 1 aromatic heterocycles. The maximum atomic E-state index is 5.29. The Labute approximate surface area is 178 Å². The Balaban J connectivity index is 1.38. The molecule has 7 nitrogen and oxygen atoms in total. The Hall–Kier alpha value is -2.61. The number of para-hydroxylation sites is 2. The number of anilines is 1. The van der Waals surface area contributed by atoms with E-state index in [1.165, 1.54) is 11.1 Å². The number of likely N-dealkylation sites (N-methyl/N-ethyl adjacent to an activating group) is 1. The van der Waals surface area contributed by atoms with Crippen LogP contribution in [0.4, 0.5) is 5.95 Å². The summed E-state index contributed by atoms with van der Waals surface area (Å²) in [6.07, 6.45) is 1.02. The Morgan fingerprint density at radius 2 is 1.70 bits per heavy atom. The van der Waals surface area contributed by atoms with Crippen molar-refractivity contribution in [3.63, 3.8) is 0 Å². The first-order valence-corrected chi connectivity index (χ1v) is 10.7. The first-order valence-electron chi connectivity index (χ1n) is 10.7. The highest BCUT2D eigenvalue weighted by atomic mass is 16.5. The van der Waals surface area contributed by atoms with E-state index < -0.39 is 0 Å². The van der Waals surface area contributed by atoms with Gasteiger partial charge in [-0.2, -0.15) is 0 Å². The zero-order valence-corrected chi connectivity index (χ0v) is 17.9. The molecule has 0 saturated carbocycles. The van der Waals surface area contributed by atoms with Crippen LogP contribution in [0.15, 0.2) is 48.5 Å². The molecule has 0 unspecified atom stereocenters. The third-order valence-corrected chi connectivity index (χ3v) is 6.24. The second-order valence-electron chi connectivity index (χ2n) is 8.26. The number of methoxy groups -OCH3 is 1. The number of piperazine rings is 1. The molecule has 2 aromatic carbocycles. The van der Waals surface area contributed by atoms with Crippen LogP contribution in [-0.2, 0) is 13.1 Å². The second kappa shape index (κ2) is 8.26. The van der Waals surface area contributed by atoms with Crippen LogP contribution in [0, 0.1) is 0 Å². The number of fused-ring (bicyclic) bond motifs is 3. The Kier molecular flexibility index (Phi) is 5.33. The van der Waals surface area contributed by atoms with E-state index in [1.807, 2.05) is 12.1 Å². The van der Waals surface area contributed by atoms with Gasteiger partial charge in [-0.05, 0) is 43.3 Å². The molecular weight excluding hydrogens is 376 g/mol. The number of hydrogen-bond donors (Lipinski definition) is 0. The summed E-state index contributed by atoms with van der Waals surface area (Å²) in [6, 6.07) is 16.9. The summed E-state index contributed by atoms with van der Waals surface area (Å²) in [5, 5.41) is 4.86. The SMILES string of the molecule is COc1ccc(CCN2CN(N3CCN(C)CC3)c3nc4ccccc4n3C2)cc1. The van der Waals surface area contributed by atoms with Crippen molar-refractivity contribution < 1.29 is 4.74 Å². The normalized spacial score (nSPS) is 18.7. The molecule has 5 rings (SSSR count). The zero-order valence-electron chi connectivity index (χ0n) is 17.9. The van der Waals surface area contributed by atoms with E-state index in [2.05, 4.69) is 67.8 Å². The number of imidazole rings is 1. The van der Waals surface area contributed by atoms with Crippen molar-refractivity contribution in [2.75, 3.05) is 58.6 Å². The van der Waals surface area contributed by atoms with Crippen LogP contribution in [0.3, 0.4) is 0 Å². The second-order valence-corrected chi connectivity index (χ2v) is 8.26. The first kappa shape index (κ1) is 19.4. The van der Waals surface area contributed by atoms with Crippen LogP contribution in [0.25, 0.3) is 11.0 Å². The van der Waals surface area contributed by atoms with Crippen molar-refractivity contribution in [3.05, 3.63) is 54.1 Å². The van der Waals surface area contributed by atoms with Gasteiger partial charge >= 0.3 is 0 Å². The topological polar surface area (TPSA) is 40.0 Å². The summed E-state index contributed by atoms with van der Waals surface area (Å²) in [5.41, 5.74) is 3.62. The summed E-state index contributed by atoms with van der Waals surface area (Å²) in [4.78, 5) is 9.91. The van der Waals surface area contributed by atoms with E-state index in [1.54, 1.807) is 7.11 Å². The summed E-state index contributed by atoms with van der Waals surface area (Å²) in [7, 11) is 3.91. The minimum absolute atomic E-state index is 0.871. The average molecular weight is 407 g/mol. The number of ether oxygens (including phenoxy) is 1. The third-order valence-electron chi connectivity index (χ3n) is 6.24.